The van der Waals surface area contributed by atoms with Crippen molar-refractivity contribution in [3.63, 3.8) is 0 Å². The van der Waals surface area contributed by atoms with Gasteiger partial charge in [0.25, 0.3) is 5.91 Å². The van der Waals surface area contributed by atoms with Gasteiger partial charge in [0.05, 0.1) is 5.56 Å². The van der Waals surface area contributed by atoms with Gasteiger partial charge >= 0.3 is 0 Å². The molecule has 3 aromatic rings. The van der Waals surface area contributed by atoms with Gasteiger partial charge in [0, 0.05) is 27.5 Å². The van der Waals surface area contributed by atoms with E-state index in [0.29, 0.717) is 22.1 Å². The van der Waals surface area contributed by atoms with Crippen LogP contribution in [-0.4, -0.2) is 15.9 Å². The third-order valence-electron chi connectivity index (χ3n) is 4.65. The van der Waals surface area contributed by atoms with Crippen LogP contribution in [0.5, 0.6) is 0 Å². The minimum atomic E-state index is -0.217. The predicted molar refractivity (Wildman–Crippen MR) is 110 cm³/mol. The standard InChI is InChI=1S/C21H19N5OS/c1-12-10-13(2)24-21(23-12)25-15-8-6-14(7-9-15)19(27)26-20-17(11-22)16-4-3-5-18(16)28-20/h6-10H,3-5H2,1-2H3,(H,26,27)(H,23,24,25). The van der Waals surface area contributed by atoms with Crippen molar-refractivity contribution in [2.75, 3.05) is 10.6 Å². The summed E-state index contributed by atoms with van der Waals surface area (Å²) in [5.74, 6) is 0.312. The Hall–Kier alpha value is -3.24. The molecule has 0 saturated heterocycles. The first kappa shape index (κ1) is 18.1. The van der Waals surface area contributed by atoms with Gasteiger partial charge < -0.3 is 10.6 Å². The Balaban J connectivity index is 1.48. The monoisotopic (exact) mass is 389 g/mol. The average Bonchev–Trinajstić information content (AvgIpc) is 3.22. The number of nitrogens with zero attached hydrogens (tertiary/aromatic N) is 3. The summed E-state index contributed by atoms with van der Waals surface area (Å²) in [6, 6.07) is 11.3. The lowest BCUT2D eigenvalue weighted by Crippen LogP contribution is -2.12. The molecule has 2 heterocycles. The molecule has 6 nitrogen and oxygen atoms in total. The van der Waals surface area contributed by atoms with E-state index in [2.05, 4.69) is 26.7 Å². The Morgan fingerprint density at radius 2 is 1.86 bits per heavy atom. The Morgan fingerprint density at radius 1 is 1.14 bits per heavy atom. The molecular formula is C21H19N5OS. The van der Waals surface area contributed by atoms with E-state index in [1.165, 1.54) is 16.2 Å². The van der Waals surface area contributed by atoms with Crippen molar-refractivity contribution >= 4 is 33.9 Å². The number of rotatable bonds is 4. The molecule has 1 aliphatic rings. The number of nitrogens with one attached hydrogen (secondary N) is 2. The van der Waals surface area contributed by atoms with Crippen molar-refractivity contribution in [2.45, 2.75) is 33.1 Å². The van der Waals surface area contributed by atoms with Gasteiger partial charge in [0.2, 0.25) is 5.95 Å². The van der Waals surface area contributed by atoms with Crippen LogP contribution in [-0.2, 0) is 12.8 Å². The van der Waals surface area contributed by atoms with Gasteiger partial charge in [-0.2, -0.15) is 5.26 Å². The maximum atomic E-state index is 12.6. The van der Waals surface area contributed by atoms with Crippen LogP contribution in [0.4, 0.5) is 16.6 Å². The van der Waals surface area contributed by atoms with Crippen molar-refractivity contribution in [1.82, 2.24) is 9.97 Å². The highest BCUT2D eigenvalue weighted by molar-refractivity contribution is 7.16. The largest absolute Gasteiger partial charge is 0.324 e. The lowest BCUT2D eigenvalue weighted by atomic mass is 10.1. The molecule has 0 fully saturated rings. The number of aromatic nitrogens is 2. The smallest absolute Gasteiger partial charge is 0.256 e. The molecule has 2 N–H and O–H groups in total. The van der Waals surface area contributed by atoms with Crippen LogP contribution in [0.3, 0.4) is 0 Å². The van der Waals surface area contributed by atoms with Crippen molar-refractivity contribution in [3.8, 4) is 6.07 Å². The first-order valence-electron chi connectivity index (χ1n) is 9.09. The second-order valence-corrected chi connectivity index (χ2v) is 7.91. The molecule has 4 rings (SSSR count). The second-order valence-electron chi connectivity index (χ2n) is 6.80. The summed E-state index contributed by atoms with van der Waals surface area (Å²) < 4.78 is 0. The quantitative estimate of drug-likeness (QED) is 0.685. The molecule has 1 aromatic carbocycles. The fourth-order valence-corrected chi connectivity index (χ4v) is 4.64. The number of carbonyl (C=O) groups is 1. The average molecular weight is 389 g/mol. The summed E-state index contributed by atoms with van der Waals surface area (Å²) in [7, 11) is 0. The molecule has 0 bridgehead atoms. The highest BCUT2D eigenvalue weighted by Gasteiger charge is 2.23. The molecule has 0 aliphatic heterocycles. The highest BCUT2D eigenvalue weighted by Crippen LogP contribution is 2.38. The lowest BCUT2D eigenvalue weighted by Gasteiger charge is -2.08. The molecule has 0 radical (unpaired) electrons. The number of amides is 1. The van der Waals surface area contributed by atoms with Gasteiger partial charge in [0.15, 0.2) is 0 Å². The van der Waals surface area contributed by atoms with E-state index in [9.17, 15) is 10.1 Å². The predicted octanol–water partition coefficient (Wildman–Crippen LogP) is 4.51. The van der Waals surface area contributed by atoms with Crippen molar-refractivity contribution < 1.29 is 4.79 Å². The maximum absolute atomic E-state index is 12.6. The van der Waals surface area contributed by atoms with E-state index in [0.717, 1.165) is 41.9 Å². The number of hydrogen-bond donors (Lipinski definition) is 2. The Kier molecular flexibility index (Phi) is 4.80. The van der Waals surface area contributed by atoms with Crippen LogP contribution in [0.2, 0.25) is 0 Å². The summed E-state index contributed by atoms with van der Waals surface area (Å²) in [5, 5.41) is 16.2. The topological polar surface area (TPSA) is 90.7 Å². The number of anilines is 3. The number of carbonyl (C=O) groups excluding carboxylic acids is 1. The molecule has 7 heteroatoms. The van der Waals surface area contributed by atoms with E-state index in [1.807, 2.05) is 32.0 Å². The minimum Gasteiger partial charge on any atom is -0.324 e. The van der Waals surface area contributed by atoms with Crippen molar-refractivity contribution in [1.29, 1.82) is 5.26 Å². The Morgan fingerprint density at radius 3 is 2.54 bits per heavy atom. The zero-order valence-corrected chi connectivity index (χ0v) is 16.5. The zero-order chi connectivity index (χ0) is 19.7. The number of nitriles is 1. The van der Waals surface area contributed by atoms with E-state index >= 15 is 0 Å². The molecule has 0 atom stereocenters. The van der Waals surface area contributed by atoms with Crippen LogP contribution >= 0.6 is 11.3 Å². The summed E-state index contributed by atoms with van der Waals surface area (Å²) in [6.45, 7) is 3.84. The zero-order valence-electron chi connectivity index (χ0n) is 15.7. The molecule has 1 aliphatic carbocycles. The van der Waals surface area contributed by atoms with Gasteiger partial charge in [-0.05, 0) is 69.0 Å². The normalized spacial score (nSPS) is 12.3. The van der Waals surface area contributed by atoms with Crippen LogP contribution in [0.15, 0.2) is 30.3 Å². The molecule has 1 amide bonds. The molecule has 2 aromatic heterocycles. The van der Waals surface area contributed by atoms with Gasteiger partial charge in [-0.1, -0.05) is 0 Å². The number of thiophene rings is 1. The fraction of sp³-hybridized carbons (Fsp3) is 0.238. The highest BCUT2D eigenvalue weighted by atomic mass is 32.1. The Bertz CT molecular complexity index is 1070. The first-order valence-corrected chi connectivity index (χ1v) is 9.90. The van der Waals surface area contributed by atoms with E-state index < -0.39 is 0 Å². The van der Waals surface area contributed by atoms with Gasteiger partial charge in [-0.25, -0.2) is 9.97 Å². The first-order chi connectivity index (χ1) is 13.5. The lowest BCUT2D eigenvalue weighted by molar-refractivity contribution is 0.102. The van der Waals surface area contributed by atoms with Crippen LogP contribution < -0.4 is 10.6 Å². The molecule has 28 heavy (non-hydrogen) atoms. The van der Waals surface area contributed by atoms with Crippen LogP contribution in [0, 0.1) is 25.2 Å². The SMILES string of the molecule is Cc1cc(C)nc(Nc2ccc(C(=O)Nc3sc4c(c3C#N)CCC4)cc2)n1. The molecule has 0 saturated carbocycles. The summed E-state index contributed by atoms with van der Waals surface area (Å²) >= 11 is 1.52. The number of fused-ring (bicyclic) bond motifs is 1. The molecule has 0 unspecified atom stereocenters. The number of benzene rings is 1. The van der Waals surface area contributed by atoms with Crippen molar-refractivity contribution in [3.05, 3.63) is 63.3 Å². The van der Waals surface area contributed by atoms with Gasteiger partial charge in [-0.3, -0.25) is 4.79 Å². The van der Waals surface area contributed by atoms with Crippen LogP contribution in [0.25, 0.3) is 0 Å². The van der Waals surface area contributed by atoms with E-state index in [1.54, 1.807) is 12.1 Å². The third kappa shape index (κ3) is 3.59. The van der Waals surface area contributed by atoms with E-state index in [4.69, 9.17) is 0 Å². The molecular weight excluding hydrogens is 370 g/mol. The second kappa shape index (κ2) is 7.41. The molecule has 0 spiro atoms. The number of hydrogen-bond acceptors (Lipinski definition) is 6. The van der Waals surface area contributed by atoms with Gasteiger partial charge in [-0.15, -0.1) is 11.3 Å². The van der Waals surface area contributed by atoms with Crippen molar-refractivity contribution in [2.24, 2.45) is 0 Å². The maximum Gasteiger partial charge on any atom is 0.256 e. The molecule has 140 valence electrons. The minimum absolute atomic E-state index is 0.217. The van der Waals surface area contributed by atoms with Crippen LogP contribution in [0.1, 0.15) is 44.2 Å². The fourth-order valence-electron chi connectivity index (χ4n) is 3.40. The Labute approximate surface area is 167 Å². The third-order valence-corrected chi connectivity index (χ3v) is 5.85. The van der Waals surface area contributed by atoms with E-state index in [-0.39, 0.29) is 5.91 Å². The number of aryl methyl sites for hydroxylation is 3. The summed E-state index contributed by atoms with van der Waals surface area (Å²) in [5.41, 5.74) is 4.84. The summed E-state index contributed by atoms with van der Waals surface area (Å²) in [6.07, 6.45) is 3.00. The summed E-state index contributed by atoms with van der Waals surface area (Å²) in [4.78, 5) is 22.5. The van der Waals surface area contributed by atoms with Gasteiger partial charge in [0.1, 0.15) is 11.1 Å².